The first kappa shape index (κ1) is 29.4. The maximum atomic E-state index is 12.7. The van der Waals surface area contributed by atoms with E-state index in [1.807, 2.05) is 12.1 Å². The third kappa shape index (κ3) is 7.69. The number of carboxylic acids is 1. The van der Waals surface area contributed by atoms with Crippen molar-refractivity contribution in [1.82, 2.24) is 15.1 Å². The first-order chi connectivity index (χ1) is 18.2. The lowest BCUT2D eigenvalue weighted by molar-refractivity contribution is -0.192. The predicted octanol–water partition coefficient (Wildman–Crippen LogP) is 4.09. The molecule has 2 amide bonds. The Morgan fingerprint density at radius 2 is 1.62 bits per heavy atom. The number of carbonyl (C=O) groups is 3. The van der Waals surface area contributed by atoms with E-state index in [4.69, 9.17) is 15.6 Å². The van der Waals surface area contributed by atoms with E-state index in [9.17, 15) is 35.9 Å². The summed E-state index contributed by atoms with van der Waals surface area (Å²) in [6.07, 6.45) is -6.90. The van der Waals surface area contributed by atoms with Crippen LogP contribution in [-0.2, 0) is 20.6 Å². The van der Waals surface area contributed by atoms with E-state index in [1.54, 1.807) is 17.2 Å². The Balaban J connectivity index is 0.000000532. The van der Waals surface area contributed by atoms with E-state index < -0.39 is 29.9 Å². The number of hydrogen-bond donors (Lipinski definition) is 4. The molecule has 39 heavy (non-hydrogen) atoms. The number of aromatic amines is 1. The van der Waals surface area contributed by atoms with Crippen LogP contribution in [0.25, 0.3) is 10.9 Å². The van der Waals surface area contributed by atoms with Crippen LogP contribution in [0.2, 0.25) is 0 Å². The van der Waals surface area contributed by atoms with Crippen molar-refractivity contribution in [3.63, 3.8) is 0 Å². The standard InChI is InChI=1S/C22H22F3N5O2.C2HF3O2/c23-22(24,25)16-3-1-13(2-4-16)19(26)21(32)30-9-7-14(8-10-30)20(31)28-17-5-6-18-15(11-17)12-27-29-18;3-2(4,5)1(6)7/h1-6,11-12,14,19H,7-10,26H2,(H,27,29)(H,28,31);(H,6,7). The molecule has 4 rings (SSSR count). The third-order valence-electron chi connectivity index (χ3n) is 5.99. The van der Waals surface area contributed by atoms with Crippen LogP contribution < -0.4 is 11.1 Å². The zero-order chi connectivity index (χ0) is 29.0. The number of halogens is 6. The number of aliphatic carboxylic acids is 1. The second kappa shape index (κ2) is 11.7. The van der Waals surface area contributed by atoms with Crippen LogP contribution >= 0.6 is 0 Å². The van der Waals surface area contributed by atoms with Gasteiger partial charge in [0.1, 0.15) is 6.04 Å². The number of hydrogen-bond acceptors (Lipinski definition) is 5. The van der Waals surface area contributed by atoms with Gasteiger partial charge in [-0.2, -0.15) is 31.4 Å². The molecule has 2 heterocycles. The molecule has 1 atom stereocenters. The minimum Gasteiger partial charge on any atom is -0.475 e. The summed E-state index contributed by atoms with van der Waals surface area (Å²) in [5, 5.41) is 17.7. The number of anilines is 1. The molecule has 210 valence electrons. The van der Waals surface area contributed by atoms with E-state index in [2.05, 4.69) is 15.5 Å². The molecule has 0 spiro atoms. The largest absolute Gasteiger partial charge is 0.490 e. The number of rotatable bonds is 4. The van der Waals surface area contributed by atoms with Gasteiger partial charge in [0.05, 0.1) is 17.3 Å². The molecule has 15 heteroatoms. The summed E-state index contributed by atoms with van der Waals surface area (Å²) in [6.45, 7) is 0.706. The van der Waals surface area contributed by atoms with Crippen molar-refractivity contribution in [2.45, 2.75) is 31.2 Å². The highest BCUT2D eigenvalue weighted by molar-refractivity contribution is 5.95. The summed E-state index contributed by atoms with van der Waals surface area (Å²) in [5.41, 5.74) is 7.07. The second-order valence-electron chi connectivity index (χ2n) is 8.66. The SMILES string of the molecule is NC(C(=O)N1CCC(C(=O)Nc2ccc3[nH]ncc3c2)CC1)c1ccc(C(F)(F)F)cc1.O=C(O)C(F)(F)F. The van der Waals surface area contributed by atoms with Gasteiger partial charge in [-0.15, -0.1) is 0 Å². The van der Waals surface area contributed by atoms with Crippen molar-refractivity contribution in [3.05, 3.63) is 59.8 Å². The normalized spacial score (nSPS) is 15.3. The van der Waals surface area contributed by atoms with Crippen LogP contribution in [-0.4, -0.2) is 57.3 Å². The minimum absolute atomic E-state index is 0.119. The summed E-state index contributed by atoms with van der Waals surface area (Å²) >= 11 is 0. The zero-order valence-electron chi connectivity index (χ0n) is 20.0. The average Bonchev–Trinajstić information content (AvgIpc) is 3.35. The molecular weight excluding hydrogens is 536 g/mol. The number of amides is 2. The first-order valence-corrected chi connectivity index (χ1v) is 11.4. The maximum absolute atomic E-state index is 12.7. The topological polar surface area (TPSA) is 141 Å². The number of alkyl halides is 6. The number of nitrogens with zero attached hydrogens (tertiary/aromatic N) is 2. The fraction of sp³-hybridized carbons (Fsp3) is 0.333. The Bertz CT molecular complexity index is 1320. The van der Waals surface area contributed by atoms with Crippen molar-refractivity contribution < 1.29 is 45.8 Å². The molecule has 9 nitrogen and oxygen atoms in total. The number of carbonyl (C=O) groups excluding carboxylic acids is 2. The molecule has 1 aliphatic heterocycles. The van der Waals surface area contributed by atoms with E-state index in [0.717, 1.165) is 23.0 Å². The molecular formula is C24H23F6N5O4. The highest BCUT2D eigenvalue weighted by Gasteiger charge is 2.38. The first-order valence-electron chi connectivity index (χ1n) is 11.4. The third-order valence-corrected chi connectivity index (χ3v) is 5.99. The molecule has 0 bridgehead atoms. The number of H-pyrrole nitrogens is 1. The summed E-state index contributed by atoms with van der Waals surface area (Å²) in [7, 11) is 0. The number of nitrogens with two attached hydrogens (primary N) is 1. The summed E-state index contributed by atoms with van der Waals surface area (Å²) in [6, 6.07) is 8.69. The summed E-state index contributed by atoms with van der Waals surface area (Å²) in [5.74, 6) is -3.49. The summed E-state index contributed by atoms with van der Waals surface area (Å²) in [4.78, 5) is 35.8. The number of likely N-dealkylation sites (tertiary alicyclic amines) is 1. The Kier molecular flexibility index (Phi) is 8.84. The Hall–Kier alpha value is -4.14. The molecule has 3 aromatic rings. The number of aromatic nitrogens is 2. The lowest BCUT2D eigenvalue weighted by Gasteiger charge is -2.33. The van der Waals surface area contributed by atoms with Gasteiger partial charge in [0.25, 0.3) is 0 Å². The summed E-state index contributed by atoms with van der Waals surface area (Å²) < 4.78 is 69.9. The van der Waals surface area contributed by atoms with Gasteiger partial charge in [0.15, 0.2) is 0 Å². The fourth-order valence-electron chi connectivity index (χ4n) is 3.85. The van der Waals surface area contributed by atoms with Crippen LogP contribution in [0.4, 0.5) is 32.0 Å². The van der Waals surface area contributed by atoms with Crippen molar-refractivity contribution in [3.8, 4) is 0 Å². The van der Waals surface area contributed by atoms with Crippen LogP contribution in [0.3, 0.4) is 0 Å². The quantitative estimate of drug-likeness (QED) is 0.355. The lowest BCUT2D eigenvalue weighted by atomic mass is 9.94. The van der Waals surface area contributed by atoms with Gasteiger partial charge >= 0.3 is 18.3 Å². The van der Waals surface area contributed by atoms with Crippen molar-refractivity contribution >= 4 is 34.4 Å². The average molecular weight is 559 g/mol. The van der Waals surface area contributed by atoms with Crippen LogP contribution in [0.5, 0.6) is 0 Å². The van der Waals surface area contributed by atoms with Gasteiger partial charge in [0.2, 0.25) is 11.8 Å². The Labute approximate surface area is 217 Å². The Morgan fingerprint density at radius 3 is 2.15 bits per heavy atom. The van der Waals surface area contributed by atoms with Crippen molar-refractivity contribution in [2.24, 2.45) is 11.7 Å². The van der Waals surface area contributed by atoms with Gasteiger partial charge in [0, 0.05) is 30.1 Å². The monoisotopic (exact) mass is 559 g/mol. The van der Waals surface area contributed by atoms with Gasteiger partial charge in [-0.25, -0.2) is 4.79 Å². The predicted molar refractivity (Wildman–Crippen MR) is 126 cm³/mol. The highest BCUT2D eigenvalue weighted by Crippen LogP contribution is 2.30. The molecule has 1 aliphatic rings. The molecule has 0 aliphatic carbocycles. The molecule has 2 aromatic carbocycles. The molecule has 5 N–H and O–H groups in total. The molecule has 1 saturated heterocycles. The van der Waals surface area contributed by atoms with Gasteiger partial charge < -0.3 is 21.1 Å². The van der Waals surface area contributed by atoms with E-state index >= 15 is 0 Å². The van der Waals surface area contributed by atoms with E-state index in [0.29, 0.717) is 37.2 Å². The van der Waals surface area contributed by atoms with Gasteiger partial charge in [-0.1, -0.05) is 12.1 Å². The number of fused-ring (bicyclic) bond motifs is 1. The second-order valence-corrected chi connectivity index (χ2v) is 8.66. The van der Waals surface area contributed by atoms with E-state index in [1.165, 1.54) is 12.1 Å². The van der Waals surface area contributed by atoms with Crippen molar-refractivity contribution in [1.29, 1.82) is 0 Å². The molecule has 0 saturated carbocycles. The van der Waals surface area contributed by atoms with Crippen LogP contribution in [0.15, 0.2) is 48.7 Å². The lowest BCUT2D eigenvalue weighted by Crippen LogP contribution is -2.45. The Morgan fingerprint density at radius 1 is 1.03 bits per heavy atom. The minimum atomic E-state index is -5.08. The molecule has 1 aromatic heterocycles. The number of benzene rings is 2. The maximum Gasteiger partial charge on any atom is 0.490 e. The van der Waals surface area contributed by atoms with Gasteiger partial charge in [-0.3, -0.25) is 14.7 Å². The number of carboxylic acid groups (broad SMARTS) is 1. The highest BCUT2D eigenvalue weighted by atomic mass is 19.4. The van der Waals surface area contributed by atoms with E-state index in [-0.39, 0.29) is 17.7 Å². The molecule has 0 radical (unpaired) electrons. The molecule has 1 unspecified atom stereocenters. The van der Waals surface area contributed by atoms with Crippen molar-refractivity contribution in [2.75, 3.05) is 18.4 Å². The number of nitrogens with one attached hydrogen (secondary N) is 2. The van der Waals surface area contributed by atoms with Crippen LogP contribution in [0.1, 0.15) is 30.0 Å². The van der Waals surface area contributed by atoms with Crippen LogP contribution in [0, 0.1) is 5.92 Å². The molecule has 1 fully saturated rings. The zero-order valence-corrected chi connectivity index (χ0v) is 20.0. The van der Waals surface area contributed by atoms with Gasteiger partial charge in [-0.05, 0) is 48.7 Å². The number of piperidine rings is 1. The smallest absolute Gasteiger partial charge is 0.475 e. The fourth-order valence-corrected chi connectivity index (χ4v) is 3.85.